The fraction of sp³-hybridized carbons (Fsp3) is 0.455. The Morgan fingerprint density at radius 1 is 1.50 bits per heavy atom. The van der Waals surface area contributed by atoms with E-state index in [0.29, 0.717) is 10.5 Å². The smallest absolute Gasteiger partial charge is 0.139 e. The highest BCUT2D eigenvalue weighted by Gasteiger charge is 2.29. The Kier molecular flexibility index (Phi) is 2.75. The normalized spacial score (nSPS) is 23.4. The summed E-state index contributed by atoms with van der Waals surface area (Å²) in [6, 6.07) is 3.98. The number of anilines is 2. The van der Waals surface area contributed by atoms with E-state index in [0.717, 1.165) is 36.0 Å². The lowest BCUT2D eigenvalue weighted by Crippen LogP contribution is -2.49. The van der Waals surface area contributed by atoms with Crippen molar-refractivity contribution in [1.29, 1.82) is 0 Å². The van der Waals surface area contributed by atoms with Crippen LogP contribution in [0.2, 0.25) is 0 Å². The van der Waals surface area contributed by atoms with Crippen molar-refractivity contribution in [2.45, 2.75) is 6.04 Å². The average Bonchev–Trinajstić information content (AvgIpc) is 2.31. The lowest BCUT2D eigenvalue weighted by molar-refractivity contribution is 0.611. The molecule has 0 spiro atoms. The van der Waals surface area contributed by atoms with Gasteiger partial charge in [-0.15, -0.1) is 0 Å². The highest BCUT2D eigenvalue weighted by atomic mass is 79.9. The molecule has 1 saturated heterocycles. The molecule has 2 nitrogen and oxygen atoms in total. The van der Waals surface area contributed by atoms with Gasteiger partial charge in [-0.05, 0) is 22.0 Å². The molecule has 2 heterocycles. The second-order valence-corrected chi connectivity index (χ2v) is 6.09. The van der Waals surface area contributed by atoms with Gasteiger partial charge >= 0.3 is 0 Å². The molecule has 0 saturated carbocycles. The Balaban J connectivity index is 2.04. The summed E-state index contributed by atoms with van der Waals surface area (Å²) in [7, 11) is 0. The van der Waals surface area contributed by atoms with Crippen LogP contribution in [0.4, 0.5) is 15.8 Å². The molecular formula is C11H12BrFN2S. The lowest BCUT2D eigenvalue weighted by atomic mass is 10.1. The summed E-state index contributed by atoms with van der Waals surface area (Å²) in [6.07, 6.45) is 0. The number of halogens is 2. The van der Waals surface area contributed by atoms with Crippen molar-refractivity contribution in [2.24, 2.45) is 0 Å². The van der Waals surface area contributed by atoms with Gasteiger partial charge in [0.25, 0.3) is 0 Å². The Bertz CT molecular complexity index is 427. The van der Waals surface area contributed by atoms with Crippen LogP contribution in [-0.2, 0) is 0 Å². The molecule has 2 aliphatic heterocycles. The molecule has 1 unspecified atom stereocenters. The standard InChI is InChI=1S/C11H12BrFN2S/c12-8-3-10-11(4-9(8)13)15-1-2-16-6-7(15)5-14-10/h3-4,7,14H,1-2,5-6H2. The first kappa shape index (κ1) is 10.7. The van der Waals surface area contributed by atoms with Crippen LogP contribution in [0, 0.1) is 5.82 Å². The minimum Gasteiger partial charge on any atom is -0.381 e. The molecule has 0 bridgehead atoms. The highest BCUT2D eigenvalue weighted by Crippen LogP contribution is 2.37. The summed E-state index contributed by atoms with van der Waals surface area (Å²) in [6.45, 7) is 1.98. The topological polar surface area (TPSA) is 15.3 Å². The monoisotopic (exact) mass is 302 g/mol. The second-order valence-electron chi connectivity index (χ2n) is 4.09. The van der Waals surface area contributed by atoms with E-state index in [2.05, 4.69) is 26.1 Å². The minimum atomic E-state index is -0.181. The largest absolute Gasteiger partial charge is 0.381 e. The van der Waals surface area contributed by atoms with Crippen LogP contribution < -0.4 is 10.2 Å². The van der Waals surface area contributed by atoms with Crippen LogP contribution in [0.5, 0.6) is 0 Å². The molecule has 1 N–H and O–H groups in total. The predicted octanol–water partition coefficient (Wildman–Crippen LogP) is 2.94. The van der Waals surface area contributed by atoms with Crippen molar-refractivity contribution in [3.63, 3.8) is 0 Å². The van der Waals surface area contributed by atoms with Crippen molar-refractivity contribution in [3.8, 4) is 0 Å². The third kappa shape index (κ3) is 1.70. The zero-order chi connectivity index (χ0) is 11.1. The molecule has 16 heavy (non-hydrogen) atoms. The van der Waals surface area contributed by atoms with Gasteiger partial charge in [-0.2, -0.15) is 11.8 Å². The maximum Gasteiger partial charge on any atom is 0.139 e. The SMILES string of the molecule is Fc1cc2c(cc1Br)NCC1CSCCN21. The minimum absolute atomic E-state index is 0.181. The van der Waals surface area contributed by atoms with Gasteiger partial charge in [-0.25, -0.2) is 4.39 Å². The molecule has 0 aliphatic carbocycles. The Morgan fingerprint density at radius 2 is 2.38 bits per heavy atom. The Hall–Kier alpha value is -0.420. The van der Waals surface area contributed by atoms with E-state index in [1.807, 2.05) is 17.8 Å². The molecule has 2 aliphatic rings. The van der Waals surface area contributed by atoms with Crippen molar-refractivity contribution < 1.29 is 4.39 Å². The van der Waals surface area contributed by atoms with E-state index in [9.17, 15) is 4.39 Å². The summed E-state index contributed by atoms with van der Waals surface area (Å²) in [5.74, 6) is 2.08. The first-order chi connectivity index (χ1) is 7.75. The molecule has 86 valence electrons. The maximum absolute atomic E-state index is 13.6. The molecule has 1 aromatic carbocycles. The first-order valence-corrected chi connectivity index (χ1v) is 7.28. The van der Waals surface area contributed by atoms with E-state index < -0.39 is 0 Å². The molecule has 0 amide bonds. The Labute approximate surface area is 107 Å². The summed E-state index contributed by atoms with van der Waals surface area (Å²) in [5, 5.41) is 3.38. The third-order valence-corrected chi connectivity index (χ3v) is 4.80. The molecule has 0 radical (unpaired) electrons. The van der Waals surface area contributed by atoms with Gasteiger partial charge in [0.1, 0.15) is 5.82 Å². The maximum atomic E-state index is 13.6. The van der Waals surface area contributed by atoms with Crippen LogP contribution >= 0.6 is 27.7 Å². The zero-order valence-corrected chi connectivity index (χ0v) is 11.1. The fourth-order valence-electron chi connectivity index (χ4n) is 2.28. The molecule has 0 aromatic heterocycles. The van der Waals surface area contributed by atoms with Crippen LogP contribution in [-0.4, -0.2) is 30.6 Å². The van der Waals surface area contributed by atoms with Gasteiger partial charge in [0.05, 0.1) is 21.9 Å². The van der Waals surface area contributed by atoms with Crippen molar-refractivity contribution >= 4 is 39.1 Å². The number of nitrogens with zero attached hydrogens (tertiary/aromatic N) is 1. The van der Waals surface area contributed by atoms with Gasteiger partial charge in [0, 0.05) is 30.7 Å². The van der Waals surface area contributed by atoms with E-state index in [1.54, 1.807) is 6.07 Å². The number of hydrogen-bond acceptors (Lipinski definition) is 3. The second kappa shape index (κ2) is 4.11. The van der Waals surface area contributed by atoms with Crippen LogP contribution in [0.1, 0.15) is 0 Å². The van der Waals surface area contributed by atoms with E-state index >= 15 is 0 Å². The van der Waals surface area contributed by atoms with Crippen molar-refractivity contribution in [2.75, 3.05) is 34.8 Å². The number of thioether (sulfide) groups is 1. The van der Waals surface area contributed by atoms with Gasteiger partial charge in [0.15, 0.2) is 0 Å². The molecule has 1 aromatic rings. The number of rotatable bonds is 0. The van der Waals surface area contributed by atoms with E-state index in [-0.39, 0.29) is 5.82 Å². The molecule has 3 rings (SSSR count). The van der Waals surface area contributed by atoms with Gasteiger partial charge in [0.2, 0.25) is 0 Å². The average molecular weight is 303 g/mol. The first-order valence-electron chi connectivity index (χ1n) is 5.33. The molecule has 5 heteroatoms. The van der Waals surface area contributed by atoms with Crippen molar-refractivity contribution in [1.82, 2.24) is 0 Å². The number of hydrogen-bond donors (Lipinski definition) is 1. The third-order valence-electron chi connectivity index (χ3n) is 3.10. The number of benzene rings is 1. The highest BCUT2D eigenvalue weighted by molar-refractivity contribution is 9.10. The van der Waals surface area contributed by atoms with Crippen molar-refractivity contribution in [3.05, 3.63) is 22.4 Å². The summed E-state index contributed by atoms with van der Waals surface area (Å²) in [5.41, 5.74) is 2.05. The van der Waals surface area contributed by atoms with Crippen LogP contribution in [0.25, 0.3) is 0 Å². The number of fused-ring (bicyclic) bond motifs is 3. The van der Waals surface area contributed by atoms with E-state index in [1.165, 1.54) is 0 Å². The lowest BCUT2D eigenvalue weighted by Gasteiger charge is -2.42. The fourth-order valence-corrected chi connectivity index (χ4v) is 3.69. The van der Waals surface area contributed by atoms with E-state index in [4.69, 9.17) is 0 Å². The summed E-state index contributed by atoms with van der Waals surface area (Å²) < 4.78 is 14.1. The van der Waals surface area contributed by atoms with Gasteiger partial charge in [-0.1, -0.05) is 0 Å². The molecular weight excluding hydrogens is 291 g/mol. The summed E-state index contributed by atoms with van der Waals surface area (Å²) in [4.78, 5) is 2.33. The zero-order valence-electron chi connectivity index (χ0n) is 8.67. The number of nitrogens with one attached hydrogen (secondary N) is 1. The molecule has 1 fully saturated rings. The van der Waals surface area contributed by atoms with Crippen LogP contribution in [0.15, 0.2) is 16.6 Å². The Morgan fingerprint density at radius 3 is 3.25 bits per heavy atom. The quantitative estimate of drug-likeness (QED) is 0.793. The van der Waals surface area contributed by atoms with Gasteiger partial charge in [-0.3, -0.25) is 0 Å². The van der Waals surface area contributed by atoms with Gasteiger partial charge < -0.3 is 10.2 Å². The predicted molar refractivity (Wildman–Crippen MR) is 71.0 cm³/mol. The summed E-state index contributed by atoms with van der Waals surface area (Å²) >= 11 is 5.20. The molecule has 1 atom stereocenters. The van der Waals surface area contributed by atoms with Crippen LogP contribution in [0.3, 0.4) is 0 Å².